The van der Waals surface area contributed by atoms with Crippen molar-refractivity contribution in [1.29, 1.82) is 0 Å². The Kier molecular flexibility index (Phi) is 5.12. The van der Waals surface area contributed by atoms with Crippen molar-refractivity contribution >= 4 is 0 Å². The van der Waals surface area contributed by atoms with Crippen molar-refractivity contribution in [2.75, 3.05) is 13.7 Å². The van der Waals surface area contributed by atoms with Crippen molar-refractivity contribution < 1.29 is 4.74 Å². The van der Waals surface area contributed by atoms with Crippen molar-refractivity contribution in [2.24, 2.45) is 16.7 Å². The predicted octanol–water partition coefficient (Wildman–Crippen LogP) is 4.24. The third kappa shape index (κ3) is 3.52. The molecule has 0 aromatic heterocycles. The van der Waals surface area contributed by atoms with E-state index in [1.54, 1.807) is 0 Å². The molecule has 1 aliphatic carbocycles. The van der Waals surface area contributed by atoms with Crippen molar-refractivity contribution in [3.63, 3.8) is 0 Å². The topological polar surface area (TPSA) is 21.3 Å². The summed E-state index contributed by atoms with van der Waals surface area (Å²) in [6.45, 7) is 17.4. The van der Waals surface area contributed by atoms with Crippen LogP contribution < -0.4 is 5.32 Å². The van der Waals surface area contributed by atoms with Crippen LogP contribution >= 0.6 is 0 Å². The monoisotopic (exact) mass is 269 g/mol. The van der Waals surface area contributed by atoms with Gasteiger partial charge < -0.3 is 10.1 Å². The van der Waals surface area contributed by atoms with Crippen LogP contribution in [0.1, 0.15) is 67.7 Å². The minimum atomic E-state index is -0.00464. The summed E-state index contributed by atoms with van der Waals surface area (Å²) in [5.74, 6) is 0.777. The van der Waals surface area contributed by atoms with Gasteiger partial charge in [0.15, 0.2) is 0 Å². The van der Waals surface area contributed by atoms with Crippen LogP contribution in [-0.2, 0) is 4.74 Å². The largest absolute Gasteiger partial charge is 0.379 e. The Morgan fingerprint density at radius 1 is 1.16 bits per heavy atom. The second-order valence-electron chi connectivity index (χ2n) is 7.98. The van der Waals surface area contributed by atoms with E-state index in [0.717, 1.165) is 18.9 Å². The number of nitrogens with one attached hydrogen (secondary N) is 1. The number of hydrogen-bond acceptors (Lipinski definition) is 2. The van der Waals surface area contributed by atoms with Gasteiger partial charge >= 0.3 is 0 Å². The lowest BCUT2D eigenvalue weighted by Gasteiger charge is -2.27. The van der Waals surface area contributed by atoms with Gasteiger partial charge in [-0.05, 0) is 56.4 Å². The molecule has 1 atom stereocenters. The highest BCUT2D eigenvalue weighted by Gasteiger charge is 2.66. The average molecular weight is 269 g/mol. The van der Waals surface area contributed by atoms with Gasteiger partial charge in [-0.2, -0.15) is 0 Å². The molecule has 1 fully saturated rings. The summed E-state index contributed by atoms with van der Waals surface area (Å²) in [4.78, 5) is 0. The van der Waals surface area contributed by atoms with Crippen LogP contribution in [0.25, 0.3) is 0 Å². The quantitative estimate of drug-likeness (QED) is 0.711. The standard InChI is InChI=1S/C17H35NO/c1-9-12-18-13(10-11-15(2,3)19-8)14-16(4,5)17(14,6)7/h13-14,18H,9-12H2,1-8H3. The first-order valence-corrected chi connectivity index (χ1v) is 7.88. The zero-order valence-corrected chi connectivity index (χ0v) is 14.4. The predicted molar refractivity (Wildman–Crippen MR) is 83.5 cm³/mol. The van der Waals surface area contributed by atoms with Gasteiger partial charge in [0.1, 0.15) is 0 Å². The highest BCUT2D eigenvalue weighted by Crippen LogP contribution is 2.70. The first kappa shape index (κ1) is 17.0. The fraction of sp³-hybridized carbons (Fsp3) is 1.00. The molecule has 1 N–H and O–H groups in total. The average Bonchev–Trinajstić information content (AvgIpc) is 2.71. The number of ether oxygens (including phenoxy) is 1. The normalized spacial score (nSPS) is 23.4. The Hall–Kier alpha value is -0.0800. The molecule has 114 valence electrons. The van der Waals surface area contributed by atoms with E-state index in [9.17, 15) is 0 Å². The lowest BCUT2D eigenvalue weighted by atomic mass is 9.93. The summed E-state index contributed by atoms with van der Waals surface area (Å²) < 4.78 is 5.57. The Bertz CT molecular complexity index is 280. The molecule has 2 heteroatoms. The van der Waals surface area contributed by atoms with Crippen LogP contribution in [0, 0.1) is 16.7 Å². The Morgan fingerprint density at radius 3 is 2.05 bits per heavy atom. The minimum Gasteiger partial charge on any atom is -0.379 e. The molecular weight excluding hydrogens is 234 g/mol. The van der Waals surface area contributed by atoms with E-state index < -0.39 is 0 Å². The van der Waals surface area contributed by atoms with E-state index in [0.29, 0.717) is 16.9 Å². The Morgan fingerprint density at radius 2 is 1.68 bits per heavy atom. The molecule has 1 rings (SSSR count). The fourth-order valence-electron chi connectivity index (χ4n) is 3.57. The third-order valence-electron chi connectivity index (χ3n) is 5.80. The molecule has 0 heterocycles. The van der Waals surface area contributed by atoms with Crippen LogP contribution in [0.3, 0.4) is 0 Å². The number of hydrogen-bond donors (Lipinski definition) is 1. The van der Waals surface area contributed by atoms with Crippen molar-refractivity contribution in [1.82, 2.24) is 5.32 Å². The highest BCUT2D eigenvalue weighted by molar-refractivity contribution is 5.16. The number of rotatable bonds is 8. The van der Waals surface area contributed by atoms with Gasteiger partial charge in [-0.25, -0.2) is 0 Å². The summed E-state index contributed by atoms with van der Waals surface area (Å²) in [6, 6.07) is 0.624. The van der Waals surface area contributed by atoms with E-state index in [1.165, 1.54) is 12.8 Å². The second-order valence-corrected chi connectivity index (χ2v) is 7.98. The molecular formula is C17H35NO. The van der Waals surface area contributed by atoms with Crippen LogP contribution in [0.2, 0.25) is 0 Å². The maximum Gasteiger partial charge on any atom is 0.0623 e. The summed E-state index contributed by atoms with van der Waals surface area (Å²) in [7, 11) is 1.82. The van der Waals surface area contributed by atoms with Crippen LogP contribution in [0.15, 0.2) is 0 Å². The van der Waals surface area contributed by atoms with E-state index in [-0.39, 0.29) is 5.60 Å². The molecule has 0 bridgehead atoms. The molecule has 0 aliphatic heterocycles. The smallest absolute Gasteiger partial charge is 0.0623 e. The van der Waals surface area contributed by atoms with E-state index in [2.05, 4.69) is 53.8 Å². The fourth-order valence-corrected chi connectivity index (χ4v) is 3.57. The lowest BCUT2D eigenvalue weighted by Crippen LogP contribution is -2.36. The van der Waals surface area contributed by atoms with Crippen LogP contribution in [-0.4, -0.2) is 25.3 Å². The summed E-state index contributed by atoms with van der Waals surface area (Å²) in [5.41, 5.74) is 0.903. The van der Waals surface area contributed by atoms with E-state index >= 15 is 0 Å². The van der Waals surface area contributed by atoms with Crippen molar-refractivity contribution in [3.05, 3.63) is 0 Å². The Labute approximate surface area is 120 Å². The van der Waals surface area contributed by atoms with Crippen LogP contribution in [0.5, 0.6) is 0 Å². The summed E-state index contributed by atoms with van der Waals surface area (Å²) in [6.07, 6.45) is 3.53. The van der Waals surface area contributed by atoms with Crippen molar-refractivity contribution in [2.45, 2.75) is 79.4 Å². The first-order valence-electron chi connectivity index (χ1n) is 7.88. The second kappa shape index (κ2) is 5.73. The summed E-state index contributed by atoms with van der Waals surface area (Å²) in [5, 5.41) is 3.78. The number of methoxy groups -OCH3 is 1. The molecule has 0 radical (unpaired) electrons. The molecule has 1 unspecified atom stereocenters. The van der Waals surface area contributed by atoms with Gasteiger partial charge in [-0.1, -0.05) is 34.6 Å². The van der Waals surface area contributed by atoms with E-state index in [4.69, 9.17) is 4.74 Å². The van der Waals surface area contributed by atoms with Crippen molar-refractivity contribution in [3.8, 4) is 0 Å². The van der Waals surface area contributed by atoms with Gasteiger partial charge in [0, 0.05) is 13.2 Å². The SMILES string of the molecule is CCCNC(CCC(C)(C)OC)C1C(C)(C)C1(C)C. The first-order chi connectivity index (χ1) is 8.60. The molecule has 1 aliphatic rings. The van der Waals surface area contributed by atoms with Gasteiger partial charge in [0.25, 0.3) is 0 Å². The molecule has 0 saturated heterocycles. The third-order valence-corrected chi connectivity index (χ3v) is 5.80. The molecule has 0 spiro atoms. The lowest BCUT2D eigenvalue weighted by molar-refractivity contribution is 0.0107. The molecule has 0 aromatic carbocycles. The molecule has 1 saturated carbocycles. The molecule has 2 nitrogen and oxygen atoms in total. The van der Waals surface area contributed by atoms with Gasteiger partial charge in [0.2, 0.25) is 0 Å². The van der Waals surface area contributed by atoms with Gasteiger partial charge in [-0.15, -0.1) is 0 Å². The molecule has 0 aromatic rings. The summed E-state index contributed by atoms with van der Waals surface area (Å²) >= 11 is 0. The molecule has 19 heavy (non-hydrogen) atoms. The van der Waals surface area contributed by atoms with Crippen LogP contribution in [0.4, 0.5) is 0 Å². The zero-order valence-electron chi connectivity index (χ0n) is 14.4. The minimum absolute atomic E-state index is 0.00464. The zero-order chi connectivity index (χ0) is 14.9. The van der Waals surface area contributed by atoms with Gasteiger partial charge in [0.05, 0.1) is 5.60 Å². The highest BCUT2D eigenvalue weighted by atomic mass is 16.5. The van der Waals surface area contributed by atoms with Gasteiger partial charge in [-0.3, -0.25) is 0 Å². The maximum atomic E-state index is 5.57. The van der Waals surface area contributed by atoms with E-state index in [1.807, 2.05) is 7.11 Å². The Balaban J connectivity index is 2.64. The molecule has 0 amide bonds. The maximum absolute atomic E-state index is 5.57.